The average Bonchev–Trinajstić information content (AvgIpc) is 2.45. The summed E-state index contributed by atoms with van der Waals surface area (Å²) in [6, 6.07) is 7.18. The maximum atomic E-state index is 11.6. The maximum Gasteiger partial charge on any atom is 0.224 e. The highest BCUT2D eigenvalue weighted by Crippen LogP contribution is 2.16. The van der Waals surface area contributed by atoms with Crippen molar-refractivity contribution in [3.05, 3.63) is 53.8 Å². The Bertz CT molecular complexity index is 567. The number of hydrogen-bond donors (Lipinski definition) is 2. The molecule has 0 saturated carbocycles. The number of halogens is 1. The van der Waals surface area contributed by atoms with Gasteiger partial charge >= 0.3 is 0 Å². The van der Waals surface area contributed by atoms with Crippen molar-refractivity contribution in [3.63, 3.8) is 0 Å². The highest BCUT2D eigenvalue weighted by molar-refractivity contribution is 6.31. The molecule has 6 heteroatoms. The SMILES string of the molecule is C=C(Cl)C(=C)OCc1ccc(NC(=O)CCCC(N)=O)cc1. The first-order valence-corrected chi connectivity index (χ1v) is 7.10. The van der Waals surface area contributed by atoms with E-state index in [1.165, 1.54) is 0 Å². The molecule has 0 spiro atoms. The van der Waals surface area contributed by atoms with E-state index in [1.54, 1.807) is 12.1 Å². The number of carbonyl (C=O) groups excluding carboxylic acids is 2. The minimum Gasteiger partial charge on any atom is -0.488 e. The number of rotatable bonds is 9. The molecule has 0 bridgehead atoms. The van der Waals surface area contributed by atoms with Crippen molar-refractivity contribution in [1.82, 2.24) is 0 Å². The summed E-state index contributed by atoms with van der Waals surface area (Å²) < 4.78 is 5.33. The van der Waals surface area contributed by atoms with Crippen molar-refractivity contribution in [1.29, 1.82) is 0 Å². The molecule has 0 fully saturated rings. The van der Waals surface area contributed by atoms with Gasteiger partial charge in [0.2, 0.25) is 11.8 Å². The number of hydrogen-bond acceptors (Lipinski definition) is 3. The van der Waals surface area contributed by atoms with Crippen LogP contribution in [0.25, 0.3) is 0 Å². The van der Waals surface area contributed by atoms with E-state index in [0.29, 0.717) is 24.5 Å². The Kier molecular flexibility index (Phi) is 7.19. The second-order valence-corrected chi connectivity index (χ2v) is 5.14. The van der Waals surface area contributed by atoms with Crippen LogP contribution in [0.15, 0.2) is 48.2 Å². The third-order valence-electron chi connectivity index (χ3n) is 2.78. The van der Waals surface area contributed by atoms with Gasteiger partial charge in [0.1, 0.15) is 12.4 Å². The quantitative estimate of drug-likeness (QED) is 0.541. The molecule has 0 saturated heterocycles. The Hall–Kier alpha value is -2.27. The van der Waals surface area contributed by atoms with E-state index in [2.05, 4.69) is 18.5 Å². The minimum atomic E-state index is -0.404. The number of benzene rings is 1. The summed E-state index contributed by atoms with van der Waals surface area (Å²) in [5, 5.41) is 3.01. The normalized spacial score (nSPS) is 9.86. The molecule has 0 aliphatic carbocycles. The second-order valence-electron chi connectivity index (χ2n) is 4.68. The largest absolute Gasteiger partial charge is 0.488 e. The van der Waals surface area contributed by atoms with Crippen LogP contribution >= 0.6 is 11.6 Å². The third-order valence-corrected chi connectivity index (χ3v) is 2.99. The zero-order valence-corrected chi connectivity index (χ0v) is 13.0. The fourth-order valence-electron chi connectivity index (χ4n) is 1.58. The van der Waals surface area contributed by atoms with E-state index >= 15 is 0 Å². The number of nitrogens with two attached hydrogens (primary N) is 1. The van der Waals surface area contributed by atoms with Crippen LogP contribution in [0.5, 0.6) is 0 Å². The van der Waals surface area contributed by atoms with E-state index in [4.69, 9.17) is 22.1 Å². The first kappa shape index (κ1) is 17.8. The molecule has 0 atom stereocenters. The standard InChI is InChI=1S/C16H19ClN2O3/c1-11(17)12(2)22-10-13-6-8-14(9-7-13)19-16(21)5-3-4-15(18)20/h6-9H,1-5,10H2,(H2,18,20)(H,19,21). The van der Waals surface area contributed by atoms with Gasteiger partial charge in [-0.2, -0.15) is 0 Å². The van der Waals surface area contributed by atoms with Gasteiger partial charge in [-0.25, -0.2) is 0 Å². The summed E-state index contributed by atoms with van der Waals surface area (Å²) in [6.07, 6.45) is 0.905. The van der Waals surface area contributed by atoms with Crippen LogP contribution in [-0.2, 0) is 20.9 Å². The van der Waals surface area contributed by atoms with Crippen molar-refractivity contribution in [2.24, 2.45) is 5.73 Å². The minimum absolute atomic E-state index is 0.155. The van der Waals surface area contributed by atoms with E-state index in [0.717, 1.165) is 5.56 Å². The average molecular weight is 323 g/mol. The van der Waals surface area contributed by atoms with E-state index < -0.39 is 5.91 Å². The lowest BCUT2D eigenvalue weighted by molar-refractivity contribution is -0.118. The predicted octanol–water partition coefficient (Wildman–Crippen LogP) is 3.06. The highest BCUT2D eigenvalue weighted by atomic mass is 35.5. The van der Waals surface area contributed by atoms with Gasteiger partial charge in [-0.05, 0) is 24.1 Å². The lowest BCUT2D eigenvalue weighted by atomic mass is 10.2. The van der Waals surface area contributed by atoms with E-state index in [-0.39, 0.29) is 23.8 Å². The molecule has 0 aliphatic heterocycles. The first-order chi connectivity index (χ1) is 10.4. The Morgan fingerprint density at radius 3 is 2.36 bits per heavy atom. The second kappa shape index (κ2) is 8.89. The molecule has 0 heterocycles. The Balaban J connectivity index is 2.41. The fraction of sp³-hybridized carbons (Fsp3) is 0.250. The van der Waals surface area contributed by atoms with Crippen molar-refractivity contribution in [2.45, 2.75) is 25.9 Å². The summed E-state index contributed by atoms with van der Waals surface area (Å²) in [5.41, 5.74) is 6.60. The number of ether oxygens (including phenoxy) is 1. The van der Waals surface area contributed by atoms with Crippen LogP contribution in [0.4, 0.5) is 5.69 Å². The molecule has 0 unspecified atom stereocenters. The first-order valence-electron chi connectivity index (χ1n) is 6.72. The molecule has 1 aromatic carbocycles. The Morgan fingerprint density at radius 1 is 1.18 bits per heavy atom. The zero-order chi connectivity index (χ0) is 16.5. The van der Waals surface area contributed by atoms with Gasteiger partial charge in [0.15, 0.2) is 0 Å². The third kappa shape index (κ3) is 6.95. The van der Waals surface area contributed by atoms with Crippen molar-refractivity contribution < 1.29 is 14.3 Å². The summed E-state index contributed by atoms with van der Waals surface area (Å²) in [4.78, 5) is 22.2. The van der Waals surface area contributed by atoms with Crippen LogP contribution in [-0.4, -0.2) is 11.8 Å². The zero-order valence-electron chi connectivity index (χ0n) is 12.2. The summed E-state index contributed by atoms with van der Waals surface area (Å²) in [5.74, 6) is -0.232. The molecule has 0 aromatic heterocycles. The molecule has 118 valence electrons. The number of carbonyl (C=O) groups is 2. The van der Waals surface area contributed by atoms with Crippen LogP contribution in [0.3, 0.4) is 0 Å². The van der Waals surface area contributed by atoms with Gasteiger partial charge in [0.25, 0.3) is 0 Å². The molecular weight excluding hydrogens is 304 g/mol. The molecule has 2 amide bonds. The number of anilines is 1. The molecule has 0 aliphatic rings. The number of allylic oxidation sites excluding steroid dienone is 1. The van der Waals surface area contributed by atoms with Gasteiger partial charge in [0.05, 0.1) is 5.03 Å². The fourth-order valence-corrected chi connectivity index (χ4v) is 1.63. The molecule has 0 radical (unpaired) electrons. The van der Waals surface area contributed by atoms with Crippen molar-refractivity contribution in [3.8, 4) is 0 Å². The number of nitrogens with one attached hydrogen (secondary N) is 1. The monoisotopic (exact) mass is 322 g/mol. The molecule has 5 nitrogen and oxygen atoms in total. The van der Waals surface area contributed by atoms with Crippen LogP contribution in [0, 0.1) is 0 Å². The van der Waals surface area contributed by atoms with Gasteiger partial charge < -0.3 is 15.8 Å². The van der Waals surface area contributed by atoms with Gasteiger partial charge in [-0.15, -0.1) is 0 Å². The predicted molar refractivity (Wildman–Crippen MR) is 87.0 cm³/mol. The molecule has 3 N–H and O–H groups in total. The molecule has 1 rings (SSSR count). The summed E-state index contributed by atoms with van der Waals surface area (Å²) >= 11 is 5.64. The lowest BCUT2D eigenvalue weighted by Gasteiger charge is -2.09. The van der Waals surface area contributed by atoms with Crippen LogP contribution in [0.1, 0.15) is 24.8 Å². The topological polar surface area (TPSA) is 81.4 Å². The maximum absolute atomic E-state index is 11.6. The van der Waals surface area contributed by atoms with E-state index in [9.17, 15) is 9.59 Å². The van der Waals surface area contributed by atoms with Gasteiger partial charge in [0, 0.05) is 18.5 Å². The Morgan fingerprint density at radius 2 is 1.82 bits per heavy atom. The highest BCUT2D eigenvalue weighted by Gasteiger charge is 2.04. The summed E-state index contributed by atoms with van der Waals surface area (Å²) in [6.45, 7) is 7.45. The van der Waals surface area contributed by atoms with Gasteiger partial charge in [-0.1, -0.05) is 36.9 Å². The smallest absolute Gasteiger partial charge is 0.224 e. The number of primary amides is 1. The van der Waals surface area contributed by atoms with Crippen molar-refractivity contribution in [2.75, 3.05) is 5.32 Å². The Labute approximate surface area is 134 Å². The van der Waals surface area contributed by atoms with Crippen LogP contribution < -0.4 is 11.1 Å². The molecule has 1 aromatic rings. The lowest BCUT2D eigenvalue weighted by Crippen LogP contribution is -2.14. The molecule has 22 heavy (non-hydrogen) atoms. The summed E-state index contributed by atoms with van der Waals surface area (Å²) in [7, 11) is 0. The van der Waals surface area contributed by atoms with Gasteiger partial charge in [-0.3, -0.25) is 9.59 Å². The van der Waals surface area contributed by atoms with Crippen molar-refractivity contribution >= 4 is 29.1 Å². The number of amides is 2. The van der Waals surface area contributed by atoms with E-state index in [1.807, 2.05) is 12.1 Å². The molecular formula is C16H19ClN2O3. The van der Waals surface area contributed by atoms with Crippen LogP contribution in [0.2, 0.25) is 0 Å².